The van der Waals surface area contributed by atoms with Crippen molar-refractivity contribution in [2.45, 2.75) is 30.8 Å². The van der Waals surface area contributed by atoms with E-state index >= 15 is 0 Å². The number of ether oxygens (including phenoxy) is 5. The highest BCUT2D eigenvalue weighted by Crippen LogP contribution is 2.43. The molecule has 9 nitrogen and oxygen atoms in total. The van der Waals surface area contributed by atoms with Crippen LogP contribution in [0.15, 0.2) is 89.9 Å². The van der Waals surface area contributed by atoms with E-state index in [2.05, 4.69) is 5.32 Å². The Bertz CT molecular complexity index is 1340. The second-order valence-corrected chi connectivity index (χ2v) is 9.69. The predicted octanol–water partition coefficient (Wildman–Crippen LogP) is 4.55. The van der Waals surface area contributed by atoms with E-state index in [0.29, 0.717) is 36.0 Å². The van der Waals surface area contributed by atoms with E-state index in [1.807, 2.05) is 91.0 Å². The first kappa shape index (κ1) is 30.8. The molecule has 0 fully saturated rings. The average molecular weight is 575 g/mol. The molecule has 1 aliphatic heterocycles. The van der Waals surface area contributed by atoms with Gasteiger partial charge >= 0.3 is 0 Å². The SMILES string of the molecule is COc1cccc([C@H]2OC(c3ccc(OCCCO)cc3)=N[C@@]2(C/C=C/c2ccccc2)C(=O)NCC(OC)OC)c1. The third kappa shape index (κ3) is 7.55. The van der Waals surface area contributed by atoms with Crippen LogP contribution < -0.4 is 14.8 Å². The summed E-state index contributed by atoms with van der Waals surface area (Å²) in [5, 5.41) is 12.0. The van der Waals surface area contributed by atoms with E-state index < -0.39 is 17.9 Å². The van der Waals surface area contributed by atoms with Gasteiger partial charge in [-0.25, -0.2) is 4.99 Å². The molecule has 222 valence electrons. The normalized spacial score (nSPS) is 18.1. The van der Waals surface area contributed by atoms with Crippen molar-refractivity contribution >= 4 is 17.9 Å². The van der Waals surface area contributed by atoms with Crippen LogP contribution in [0, 0.1) is 0 Å². The molecule has 4 rings (SSSR count). The lowest BCUT2D eigenvalue weighted by atomic mass is 9.84. The molecule has 0 saturated heterocycles. The average Bonchev–Trinajstić information content (AvgIpc) is 3.43. The van der Waals surface area contributed by atoms with Gasteiger partial charge < -0.3 is 34.1 Å². The number of aliphatic hydroxyl groups excluding tert-OH is 1. The molecule has 0 aromatic heterocycles. The third-order valence-electron chi connectivity index (χ3n) is 6.92. The lowest BCUT2D eigenvalue weighted by Crippen LogP contribution is -2.50. The van der Waals surface area contributed by atoms with Crippen molar-refractivity contribution in [2.75, 3.05) is 41.1 Å². The summed E-state index contributed by atoms with van der Waals surface area (Å²) in [4.78, 5) is 19.2. The summed E-state index contributed by atoms with van der Waals surface area (Å²) >= 11 is 0. The van der Waals surface area contributed by atoms with Gasteiger partial charge in [0.2, 0.25) is 5.90 Å². The molecule has 1 heterocycles. The zero-order valence-corrected chi connectivity index (χ0v) is 24.2. The smallest absolute Gasteiger partial charge is 0.252 e. The van der Waals surface area contributed by atoms with Gasteiger partial charge in [-0.2, -0.15) is 0 Å². The number of hydrogen-bond donors (Lipinski definition) is 2. The van der Waals surface area contributed by atoms with E-state index in [1.165, 1.54) is 14.2 Å². The molecule has 9 heteroatoms. The topological polar surface area (TPSA) is 108 Å². The van der Waals surface area contributed by atoms with Gasteiger partial charge in [0.15, 0.2) is 17.9 Å². The van der Waals surface area contributed by atoms with Gasteiger partial charge in [-0.1, -0.05) is 54.6 Å². The fraction of sp³-hybridized carbons (Fsp3) is 0.333. The number of hydrogen-bond acceptors (Lipinski definition) is 8. The highest BCUT2D eigenvalue weighted by atomic mass is 16.7. The molecule has 1 amide bonds. The lowest BCUT2D eigenvalue weighted by molar-refractivity contribution is -0.134. The van der Waals surface area contributed by atoms with Crippen LogP contribution in [0.3, 0.4) is 0 Å². The largest absolute Gasteiger partial charge is 0.497 e. The molecule has 0 saturated carbocycles. The van der Waals surface area contributed by atoms with Crippen molar-refractivity contribution in [3.05, 3.63) is 102 Å². The van der Waals surface area contributed by atoms with Crippen molar-refractivity contribution in [3.8, 4) is 11.5 Å². The molecule has 1 aliphatic rings. The first-order chi connectivity index (χ1) is 20.5. The van der Waals surface area contributed by atoms with E-state index in [-0.39, 0.29) is 25.5 Å². The number of benzene rings is 3. The Kier molecular flexibility index (Phi) is 11.1. The minimum absolute atomic E-state index is 0.0623. The van der Waals surface area contributed by atoms with Gasteiger partial charge in [0, 0.05) is 39.2 Å². The number of nitrogens with zero attached hydrogens (tertiary/aromatic N) is 1. The molecule has 0 spiro atoms. The summed E-state index contributed by atoms with van der Waals surface area (Å²) in [6, 6.07) is 24.7. The van der Waals surface area contributed by atoms with Crippen LogP contribution in [0.1, 0.15) is 35.6 Å². The molecule has 0 aliphatic carbocycles. The van der Waals surface area contributed by atoms with Crippen LogP contribution in [-0.2, 0) is 19.0 Å². The monoisotopic (exact) mass is 574 g/mol. The quantitative estimate of drug-likeness (QED) is 0.203. The molecule has 3 aromatic rings. The van der Waals surface area contributed by atoms with Gasteiger partial charge in [0.25, 0.3) is 5.91 Å². The van der Waals surface area contributed by atoms with Gasteiger partial charge in [-0.3, -0.25) is 4.79 Å². The predicted molar refractivity (Wildman–Crippen MR) is 161 cm³/mol. The number of carbonyl (C=O) groups is 1. The second-order valence-electron chi connectivity index (χ2n) is 9.69. The number of nitrogens with one attached hydrogen (secondary N) is 1. The molecule has 3 aromatic carbocycles. The Morgan fingerprint density at radius 2 is 1.79 bits per heavy atom. The molecular formula is C33H38N2O7. The summed E-state index contributed by atoms with van der Waals surface area (Å²) in [5.41, 5.74) is 1.10. The minimum Gasteiger partial charge on any atom is -0.497 e. The number of rotatable bonds is 15. The number of aliphatic hydroxyl groups is 1. The second kappa shape index (κ2) is 15.2. The van der Waals surface area contributed by atoms with Crippen molar-refractivity contribution in [2.24, 2.45) is 4.99 Å². The van der Waals surface area contributed by atoms with Crippen molar-refractivity contribution in [3.63, 3.8) is 0 Å². The Morgan fingerprint density at radius 1 is 1.02 bits per heavy atom. The van der Waals surface area contributed by atoms with Gasteiger partial charge in [0.1, 0.15) is 11.5 Å². The van der Waals surface area contributed by atoms with E-state index in [9.17, 15) is 4.79 Å². The molecule has 42 heavy (non-hydrogen) atoms. The number of aliphatic imine (C=N–C) groups is 1. The number of amides is 1. The molecule has 0 bridgehead atoms. The molecule has 2 atom stereocenters. The van der Waals surface area contributed by atoms with E-state index in [0.717, 1.165) is 11.1 Å². The molecular weight excluding hydrogens is 536 g/mol. The number of methoxy groups -OCH3 is 3. The maximum absolute atomic E-state index is 14.1. The van der Waals surface area contributed by atoms with Crippen LogP contribution in [0.4, 0.5) is 0 Å². The molecule has 2 N–H and O–H groups in total. The summed E-state index contributed by atoms with van der Waals surface area (Å²) in [6.07, 6.45) is 3.33. The van der Waals surface area contributed by atoms with E-state index in [1.54, 1.807) is 7.11 Å². The Balaban J connectivity index is 1.74. The Morgan fingerprint density at radius 3 is 2.48 bits per heavy atom. The maximum atomic E-state index is 14.1. The first-order valence-electron chi connectivity index (χ1n) is 13.8. The first-order valence-corrected chi connectivity index (χ1v) is 13.8. The standard InChI is InChI=1S/C33H38N2O7/c1-38-28-14-7-13-26(22-28)30-33(32(37)34-23-29(39-2)40-3,19-8-12-24-10-5-4-6-11-24)35-31(42-30)25-15-17-27(18-16-25)41-21-9-20-36/h4-8,10-18,22,29-30,36H,9,19-21,23H2,1-3H3,(H,34,37)/b12-8+/t30-,33-/m1/s1. The van der Waals surface area contributed by atoms with Gasteiger partial charge in [-0.15, -0.1) is 0 Å². The maximum Gasteiger partial charge on any atom is 0.252 e. The summed E-state index contributed by atoms with van der Waals surface area (Å²) in [6.45, 7) is 0.602. The summed E-state index contributed by atoms with van der Waals surface area (Å²) in [7, 11) is 4.63. The van der Waals surface area contributed by atoms with Gasteiger partial charge in [0.05, 0.1) is 20.3 Å². The Hall–Kier alpha value is -4.18. The van der Waals surface area contributed by atoms with Crippen LogP contribution in [0.5, 0.6) is 11.5 Å². The zero-order valence-electron chi connectivity index (χ0n) is 24.2. The van der Waals surface area contributed by atoms with Crippen LogP contribution in [0.25, 0.3) is 6.08 Å². The van der Waals surface area contributed by atoms with Crippen LogP contribution >= 0.6 is 0 Å². The Labute approximate surface area is 246 Å². The fourth-order valence-corrected chi connectivity index (χ4v) is 4.65. The van der Waals surface area contributed by atoms with Crippen LogP contribution in [-0.4, -0.2) is 69.8 Å². The van der Waals surface area contributed by atoms with Gasteiger partial charge in [-0.05, 0) is 47.5 Å². The zero-order chi connectivity index (χ0) is 29.8. The van der Waals surface area contributed by atoms with Crippen LogP contribution in [0.2, 0.25) is 0 Å². The lowest BCUT2D eigenvalue weighted by Gasteiger charge is -2.30. The minimum atomic E-state index is -1.35. The highest BCUT2D eigenvalue weighted by Gasteiger charge is 2.52. The summed E-state index contributed by atoms with van der Waals surface area (Å²) in [5.74, 6) is 1.31. The summed E-state index contributed by atoms with van der Waals surface area (Å²) < 4.78 is 28.3. The van der Waals surface area contributed by atoms with Crippen molar-refractivity contribution < 1.29 is 33.6 Å². The molecule has 0 unspecified atom stereocenters. The fourth-order valence-electron chi connectivity index (χ4n) is 4.65. The highest BCUT2D eigenvalue weighted by molar-refractivity contribution is 6.01. The van der Waals surface area contributed by atoms with Crippen molar-refractivity contribution in [1.29, 1.82) is 0 Å². The third-order valence-corrected chi connectivity index (χ3v) is 6.92. The molecule has 0 radical (unpaired) electrons. The van der Waals surface area contributed by atoms with Crippen molar-refractivity contribution in [1.82, 2.24) is 5.32 Å². The van der Waals surface area contributed by atoms with E-state index in [4.69, 9.17) is 33.8 Å². The number of carbonyl (C=O) groups excluding carboxylic acids is 1.